The number of halogens is 2. The van der Waals surface area contributed by atoms with Gasteiger partial charge in [0.2, 0.25) is 0 Å². The number of hydrogen-bond acceptors (Lipinski definition) is 1. The number of benzene rings is 1. The lowest BCUT2D eigenvalue weighted by Crippen LogP contribution is -2.15. The molecule has 1 aromatic carbocycles. The van der Waals surface area contributed by atoms with Crippen molar-refractivity contribution in [1.29, 1.82) is 0 Å². The molecule has 3 heteroatoms. The van der Waals surface area contributed by atoms with Gasteiger partial charge < -0.3 is 5.32 Å². The summed E-state index contributed by atoms with van der Waals surface area (Å²) in [5.74, 6) is -1.00. The van der Waals surface area contributed by atoms with Crippen LogP contribution in [-0.2, 0) is 6.54 Å². The summed E-state index contributed by atoms with van der Waals surface area (Å²) in [6, 6.07) is 3.90. The second-order valence-corrected chi connectivity index (χ2v) is 3.61. The predicted molar refractivity (Wildman–Crippen MR) is 57.5 cm³/mol. The largest absolute Gasteiger partial charge is 0.309 e. The van der Waals surface area contributed by atoms with E-state index in [1.54, 1.807) is 0 Å². The lowest BCUT2D eigenvalue weighted by molar-refractivity contribution is 0.542. The zero-order chi connectivity index (χ0) is 11.3. The highest BCUT2D eigenvalue weighted by molar-refractivity contribution is 5.19. The number of hydrogen-bond donors (Lipinski definition) is 1. The third kappa shape index (κ3) is 3.80. The highest BCUT2D eigenvalue weighted by Gasteiger charge is 2.06. The van der Waals surface area contributed by atoms with Gasteiger partial charge in [0.1, 0.15) is 11.6 Å². The van der Waals surface area contributed by atoms with Crippen LogP contribution in [0.3, 0.4) is 0 Å². The van der Waals surface area contributed by atoms with Gasteiger partial charge in [-0.15, -0.1) is 0 Å². The van der Waals surface area contributed by atoms with Gasteiger partial charge >= 0.3 is 0 Å². The van der Waals surface area contributed by atoms with Crippen molar-refractivity contribution in [3.05, 3.63) is 47.0 Å². The number of nitrogens with one attached hydrogen (secondary N) is 1. The second-order valence-electron chi connectivity index (χ2n) is 3.61. The summed E-state index contributed by atoms with van der Waals surface area (Å²) in [4.78, 5) is 0. The fourth-order valence-corrected chi connectivity index (χ4v) is 1.17. The Morgan fingerprint density at radius 1 is 1.27 bits per heavy atom. The molecule has 0 atom stereocenters. The molecule has 0 spiro atoms. The fraction of sp³-hybridized carbons (Fsp3) is 0.333. The summed E-state index contributed by atoms with van der Waals surface area (Å²) in [7, 11) is 0. The molecule has 0 aliphatic rings. The molecule has 0 fully saturated rings. The average molecular weight is 211 g/mol. The van der Waals surface area contributed by atoms with Gasteiger partial charge in [-0.05, 0) is 26.0 Å². The molecule has 0 aliphatic heterocycles. The van der Waals surface area contributed by atoms with Gasteiger partial charge in [-0.25, -0.2) is 8.78 Å². The van der Waals surface area contributed by atoms with Crippen LogP contribution in [0.4, 0.5) is 8.78 Å². The van der Waals surface area contributed by atoms with E-state index in [2.05, 4.69) is 5.32 Å². The predicted octanol–water partition coefficient (Wildman–Crippen LogP) is 3.02. The van der Waals surface area contributed by atoms with E-state index in [1.807, 2.05) is 19.9 Å². The summed E-state index contributed by atoms with van der Waals surface area (Å²) in [6.45, 7) is 4.79. The van der Waals surface area contributed by atoms with E-state index in [0.717, 1.165) is 0 Å². The highest BCUT2D eigenvalue weighted by atomic mass is 19.1. The van der Waals surface area contributed by atoms with E-state index in [9.17, 15) is 8.78 Å². The normalized spacial score (nSPS) is 10.1. The van der Waals surface area contributed by atoms with Crippen LogP contribution in [0.15, 0.2) is 29.8 Å². The molecule has 0 saturated carbocycles. The first-order valence-electron chi connectivity index (χ1n) is 4.88. The Kier molecular flexibility index (Phi) is 4.43. The standard InChI is InChI=1S/C12H15F2N/c1-9(2)6-7-15-8-10-11(13)4-3-5-12(10)14/h3-6,15H,7-8H2,1-2H3. The first kappa shape index (κ1) is 11.9. The van der Waals surface area contributed by atoms with Gasteiger partial charge in [-0.1, -0.05) is 17.7 Å². The van der Waals surface area contributed by atoms with Crippen LogP contribution in [-0.4, -0.2) is 6.54 Å². The lowest BCUT2D eigenvalue weighted by atomic mass is 10.2. The van der Waals surface area contributed by atoms with Gasteiger partial charge in [0.15, 0.2) is 0 Å². The molecule has 0 saturated heterocycles. The van der Waals surface area contributed by atoms with Gasteiger partial charge in [-0.2, -0.15) is 0 Å². The Balaban J connectivity index is 2.54. The van der Waals surface area contributed by atoms with Crippen LogP contribution in [0, 0.1) is 11.6 Å². The number of allylic oxidation sites excluding steroid dienone is 1. The van der Waals surface area contributed by atoms with Crippen LogP contribution < -0.4 is 5.32 Å². The first-order valence-corrected chi connectivity index (χ1v) is 4.88. The summed E-state index contributed by atoms with van der Waals surface area (Å²) in [6.07, 6.45) is 1.97. The molecule has 0 aliphatic carbocycles. The molecule has 0 radical (unpaired) electrons. The van der Waals surface area contributed by atoms with Crippen molar-refractivity contribution in [2.45, 2.75) is 20.4 Å². The molecular formula is C12H15F2N. The topological polar surface area (TPSA) is 12.0 Å². The summed E-state index contributed by atoms with van der Waals surface area (Å²) >= 11 is 0. The summed E-state index contributed by atoms with van der Waals surface area (Å²) < 4.78 is 26.3. The molecule has 0 bridgehead atoms. The lowest BCUT2D eigenvalue weighted by Gasteiger charge is -2.05. The second kappa shape index (κ2) is 5.61. The fourth-order valence-electron chi connectivity index (χ4n) is 1.17. The van der Waals surface area contributed by atoms with E-state index < -0.39 is 11.6 Å². The van der Waals surface area contributed by atoms with E-state index in [1.165, 1.54) is 23.8 Å². The SMILES string of the molecule is CC(C)=CCNCc1c(F)cccc1F. The van der Waals surface area contributed by atoms with Gasteiger partial charge in [0.05, 0.1) is 0 Å². The van der Waals surface area contributed by atoms with E-state index >= 15 is 0 Å². The Morgan fingerprint density at radius 3 is 2.40 bits per heavy atom. The smallest absolute Gasteiger partial charge is 0.130 e. The van der Waals surface area contributed by atoms with Crippen LogP contribution >= 0.6 is 0 Å². The van der Waals surface area contributed by atoms with E-state index in [4.69, 9.17) is 0 Å². The van der Waals surface area contributed by atoms with Crippen LogP contribution in [0.25, 0.3) is 0 Å². The third-order valence-electron chi connectivity index (χ3n) is 2.02. The molecule has 0 amide bonds. The molecule has 15 heavy (non-hydrogen) atoms. The average Bonchev–Trinajstić information content (AvgIpc) is 2.15. The quantitative estimate of drug-likeness (QED) is 0.596. The number of rotatable bonds is 4. The molecule has 0 unspecified atom stereocenters. The molecule has 1 rings (SSSR count). The van der Waals surface area contributed by atoms with Crippen molar-refractivity contribution in [2.24, 2.45) is 0 Å². The monoisotopic (exact) mass is 211 g/mol. The summed E-state index contributed by atoms with van der Waals surface area (Å²) in [5.41, 5.74) is 1.27. The zero-order valence-corrected chi connectivity index (χ0v) is 8.98. The van der Waals surface area contributed by atoms with Crippen molar-refractivity contribution < 1.29 is 8.78 Å². The Hall–Kier alpha value is -1.22. The van der Waals surface area contributed by atoms with Crippen LogP contribution in [0.5, 0.6) is 0 Å². The van der Waals surface area contributed by atoms with Crippen LogP contribution in [0.1, 0.15) is 19.4 Å². The highest BCUT2D eigenvalue weighted by Crippen LogP contribution is 2.11. The Bertz CT molecular complexity index is 334. The van der Waals surface area contributed by atoms with Gasteiger partial charge in [0, 0.05) is 18.7 Å². The molecule has 1 aromatic rings. The van der Waals surface area contributed by atoms with Crippen molar-refractivity contribution in [2.75, 3.05) is 6.54 Å². The Labute approximate surface area is 88.8 Å². The molecule has 1 N–H and O–H groups in total. The molecular weight excluding hydrogens is 196 g/mol. The zero-order valence-electron chi connectivity index (χ0n) is 8.98. The minimum atomic E-state index is -0.500. The maximum Gasteiger partial charge on any atom is 0.130 e. The molecule has 1 nitrogen and oxygen atoms in total. The minimum absolute atomic E-state index is 0.0969. The molecule has 0 heterocycles. The van der Waals surface area contributed by atoms with Gasteiger partial charge in [-0.3, -0.25) is 0 Å². The molecule has 0 aromatic heterocycles. The van der Waals surface area contributed by atoms with Gasteiger partial charge in [0.25, 0.3) is 0 Å². The maximum absolute atomic E-state index is 13.1. The van der Waals surface area contributed by atoms with E-state index in [-0.39, 0.29) is 12.1 Å². The Morgan fingerprint density at radius 2 is 1.87 bits per heavy atom. The first-order chi connectivity index (χ1) is 7.11. The van der Waals surface area contributed by atoms with Crippen molar-refractivity contribution >= 4 is 0 Å². The molecule has 82 valence electrons. The van der Waals surface area contributed by atoms with Crippen LogP contribution in [0.2, 0.25) is 0 Å². The minimum Gasteiger partial charge on any atom is -0.309 e. The van der Waals surface area contributed by atoms with Crippen molar-refractivity contribution in [3.8, 4) is 0 Å². The third-order valence-corrected chi connectivity index (χ3v) is 2.02. The van der Waals surface area contributed by atoms with E-state index in [0.29, 0.717) is 6.54 Å². The maximum atomic E-state index is 13.1. The van der Waals surface area contributed by atoms with Crippen molar-refractivity contribution in [1.82, 2.24) is 5.32 Å². The van der Waals surface area contributed by atoms with Crippen molar-refractivity contribution in [3.63, 3.8) is 0 Å². The summed E-state index contributed by atoms with van der Waals surface area (Å²) in [5, 5.41) is 2.96.